The van der Waals surface area contributed by atoms with Gasteiger partial charge in [-0.3, -0.25) is 9.55 Å². The third-order valence-corrected chi connectivity index (χ3v) is 8.05. The zero-order chi connectivity index (χ0) is 30.4. The third-order valence-electron chi connectivity index (χ3n) is 6.45. The molecule has 2 atom stereocenters. The predicted octanol–water partition coefficient (Wildman–Crippen LogP) is 2.72. The van der Waals surface area contributed by atoms with E-state index < -0.39 is 21.4 Å². The van der Waals surface area contributed by atoms with Crippen molar-refractivity contribution in [1.29, 1.82) is 0 Å². The van der Waals surface area contributed by atoms with E-state index in [0.29, 0.717) is 28.6 Å². The second-order valence-corrected chi connectivity index (χ2v) is 11.5. The zero-order valence-electron chi connectivity index (χ0n) is 24.7. The molecule has 3 aromatic heterocycles. The maximum absolute atomic E-state index is 14.0. The summed E-state index contributed by atoms with van der Waals surface area (Å²) in [7, 11) is 1.90. The summed E-state index contributed by atoms with van der Waals surface area (Å²) in [6, 6.07) is 7.14. The molecule has 14 heteroatoms. The maximum atomic E-state index is 14.0. The Bertz CT molecular complexity index is 1680. The van der Waals surface area contributed by atoms with Crippen molar-refractivity contribution in [1.82, 2.24) is 29.3 Å². The number of aryl methyl sites for hydroxylation is 3. The van der Waals surface area contributed by atoms with Gasteiger partial charge < -0.3 is 18.9 Å². The molecule has 0 fully saturated rings. The van der Waals surface area contributed by atoms with Crippen LogP contribution >= 0.6 is 0 Å². The Morgan fingerprint density at radius 3 is 2.21 bits per heavy atom. The zero-order valence-corrected chi connectivity index (χ0v) is 25.5. The summed E-state index contributed by atoms with van der Waals surface area (Å²) in [5.74, 6) is 1.45. The van der Waals surface area contributed by atoms with Crippen LogP contribution in [0.1, 0.15) is 30.0 Å². The molecule has 0 radical (unpaired) electrons. The number of benzene rings is 1. The molecule has 42 heavy (non-hydrogen) atoms. The largest absolute Gasteiger partial charge is 0.494 e. The minimum absolute atomic E-state index is 0.00150. The van der Waals surface area contributed by atoms with E-state index >= 15 is 0 Å². The van der Waals surface area contributed by atoms with Crippen LogP contribution in [0.25, 0.3) is 17.1 Å². The van der Waals surface area contributed by atoms with Gasteiger partial charge in [-0.15, -0.1) is 4.40 Å². The average molecular weight is 598 g/mol. The molecule has 0 aliphatic rings. The minimum atomic E-state index is -4.28. The lowest BCUT2D eigenvalue weighted by Gasteiger charge is -2.21. The summed E-state index contributed by atoms with van der Waals surface area (Å²) in [5.41, 5.74) is 2.78. The molecule has 4 aromatic rings. The third kappa shape index (κ3) is 6.50. The van der Waals surface area contributed by atoms with E-state index in [9.17, 15) is 8.42 Å². The van der Waals surface area contributed by atoms with Crippen molar-refractivity contribution in [2.24, 2.45) is 11.4 Å². The Morgan fingerprint density at radius 1 is 0.952 bits per heavy atom. The number of rotatable bonds is 12. The Morgan fingerprint density at radius 2 is 1.62 bits per heavy atom. The molecule has 1 aromatic carbocycles. The van der Waals surface area contributed by atoms with Gasteiger partial charge in [-0.25, -0.2) is 23.1 Å². The lowest BCUT2D eigenvalue weighted by Crippen LogP contribution is -2.33. The van der Waals surface area contributed by atoms with Crippen molar-refractivity contribution >= 4 is 10.0 Å². The standard InChI is InChI=1S/C28H35N7O6S/c1-18-13-21(17-29-14-18)27-32-34(4)28(35(27)24-22(39-6)9-8-10-23(24)40-7)33-42(36,37)20(3)25(41-12-11-38-5)26-30-15-19(2)16-31-26/h8-10,13-17,20,25H,11-12H2,1-7H3/b33-28+/t20-,25-/m0/s1. The molecule has 0 spiro atoms. The molecule has 0 bridgehead atoms. The highest BCUT2D eigenvalue weighted by Crippen LogP contribution is 2.34. The fraction of sp³-hybridized carbons (Fsp3) is 0.393. The molecule has 0 N–H and O–H groups in total. The second-order valence-electron chi connectivity index (χ2n) is 9.56. The first-order chi connectivity index (χ1) is 20.1. The molecular weight excluding hydrogens is 562 g/mol. The highest BCUT2D eigenvalue weighted by atomic mass is 32.2. The Balaban J connectivity index is 1.96. The van der Waals surface area contributed by atoms with Crippen molar-refractivity contribution in [2.75, 3.05) is 34.5 Å². The van der Waals surface area contributed by atoms with Crippen LogP contribution in [0.3, 0.4) is 0 Å². The molecule has 0 saturated carbocycles. The van der Waals surface area contributed by atoms with E-state index in [1.165, 1.54) is 32.9 Å². The molecular formula is C28H35N7O6S. The molecule has 13 nitrogen and oxygen atoms in total. The summed E-state index contributed by atoms with van der Waals surface area (Å²) in [4.78, 5) is 13.0. The first kappa shape index (κ1) is 30.8. The fourth-order valence-corrected chi connectivity index (χ4v) is 5.38. The molecule has 4 rings (SSSR count). The van der Waals surface area contributed by atoms with E-state index in [-0.39, 0.29) is 24.7 Å². The predicted molar refractivity (Wildman–Crippen MR) is 155 cm³/mol. The number of nitrogens with zero attached hydrogens (tertiary/aromatic N) is 7. The van der Waals surface area contributed by atoms with Gasteiger partial charge in [0.25, 0.3) is 10.0 Å². The van der Waals surface area contributed by atoms with E-state index in [2.05, 4.69) is 24.4 Å². The van der Waals surface area contributed by atoms with Gasteiger partial charge in [0.05, 0.1) is 27.4 Å². The summed E-state index contributed by atoms with van der Waals surface area (Å²) < 4.78 is 57.6. The van der Waals surface area contributed by atoms with Crippen molar-refractivity contribution in [2.45, 2.75) is 32.1 Å². The monoisotopic (exact) mass is 597 g/mol. The van der Waals surface area contributed by atoms with E-state index in [0.717, 1.165) is 11.1 Å². The molecule has 3 heterocycles. The molecule has 224 valence electrons. The Hall–Kier alpha value is -4.14. The molecule has 0 saturated heterocycles. The number of hydrogen-bond acceptors (Lipinski definition) is 10. The van der Waals surface area contributed by atoms with Crippen LogP contribution in [0.15, 0.2) is 53.5 Å². The summed E-state index contributed by atoms with van der Waals surface area (Å²) in [6.45, 7) is 5.65. The number of hydrogen-bond donors (Lipinski definition) is 0. The molecule has 0 aliphatic carbocycles. The number of sulfonamides is 1. The van der Waals surface area contributed by atoms with Crippen LogP contribution in [0, 0.1) is 13.8 Å². The molecule has 0 amide bonds. The summed E-state index contributed by atoms with van der Waals surface area (Å²) >= 11 is 0. The number of aromatic nitrogens is 6. The maximum Gasteiger partial charge on any atom is 0.262 e. The van der Waals surface area contributed by atoms with Crippen molar-refractivity contribution < 1.29 is 27.4 Å². The smallest absolute Gasteiger partial charge is 0.262 e. The first-order valence-electron chi connectivity index (χ1n) is 13.1. The topological polar surface area (TPSA) is 145 Å². The van der Waals surface area contributed by atoms with E-state index in [1.807, 2.05) is 19.9 Å². The Kier molecular flexibility index (Phi) is 9.70. The van der Waals surface area contributed by atoms with E-state index in [1.54, 1.807) is 54.6 Å². The number of para-hydroxylation sites is 1. The van der Waals surface area contributed by atoms with Gasteiger partial charge in [0, 0.05) is 44.5 Å². The van der Waals surface area contributed by atoms with Crippen LogP contribution < -0.4 is 15.1 Å². The average Bonchev–Trinajstić information content (AvgIpc) is 3.29. The number of pyridine rings is 1. The van der Waals surface area contributed by atoms with Crippen LogP contribution in [-0.4, -0.2) is 77.5 Å². The minimum Gasteiger partial charge on any atom is -0.494 e. The van der Waals surface area contributed by atoms with Crippen LogP contribution in [0.2, 0.25) is 0 Å². The second kappa shape index (κ2) is 13.2. The van der Waals surface area contributed by atoms with Gasteiger partial charge in [0.2, 0.25) is 5.62 Å². The quantitative estimate of drug-likeness (QED) is 0.224. The van der Waals surface area contributed by atoms with Gasteiger partial charge in [-0.1, -0.05) is 6.07 Å². The summed E-state index contributed by atoms with van der Waals surface area (Å²) in [5, 5.41) is 3.49. The number of methoxy groups -OCH3 is 3. The first-order valence-corrected chi connectivity index (χ1v) is 14.6. The van der Waals surface area contributed by atoms with Gasteiger partial charge in [-0.2, -0.15) is 5.10 Å². The highest BCUT2D eigenvalue weighted by Gasteiger charge is 2.34. The van der Waals surface area contributed by atoms with Crippen molar-refractivity contribution in [3.63, 3.8) is 0 Å². The van der Waals surface area contributed by atoms with Crippen molar-refractivity contribution in [3.8, 4) is 28.6 Å². The normalized spacial score (nSPS) is 13.6. The molecule has 0 unspecified atom stereocenters. The van der Waals surface area contributed by atoms with Gasteiger partial charge in [-0.05, 0) is 50.1 Å². The van der Waals surface area contributed by atoms with Crippen LogP contribution in [-0.2, 0) is 26.5 Å². The van der Waals surface area contributed by atoms with Gasteiger partial charge in [0.15, 0.2) is 11.6 Å². The molecule has 0 aliphatic heterocycles. The SMILES string of the molecule is COCCO[C@H](c1ncc(C)cn1)[C@H](C)S(=O)(=O)/N=c1\n(C)nc(-c2cncc(C)c2)n1-c1c(OC)cccc1OC. The highest BCUT2D eigenvalue weighted by molar-refractivity contribution is 7.90. The fourth-order valence-electron chi connectivity index (χ4n) is 4.27. The van der Waals surface area contributed by atoms with Gasteiger partial charge >= 0.3 is 0 Å². The Labute approximate surface area is 244 Å². The van der Waals surface area contributed by atoms with Crippen molar-refractivity contribution in [3.05, 3.63) is 71.6 Å². The van der Waals surface area contributed by atoms with E-state index in [4.69, 9.17) is 18.9 Å². The lowest BCUT2D eigenvalue weighted by atomic mass is 10.2. The summed E-state index contributed by atoms with van der Waals surface area (Å²) in [6.07, 6.45) is 5.56. The van der Waals surface area contributed by atoms with Gasteiger partial charge in [0.1, 0.15) is 28.5 Å². The van der Waals surface area contributed by atoms with Crippen LogP contribution in [0.4, 0.5) is 0 Å². The number of ether oxygens (including phenoxy) is 4. The lowest BCUT2D eigenvalue weighted by molar-refractivity contribution is 0.0118. The van der Waals surface area contributed by atoms with Crippen LogP contribution in [0.5, 0.6) is 11.5 Å².